The molecule has 666 valence electrons. The van der Waals surface area contributed by atoms with E-state index >= 15 is 0 Å². The van der Waals surface area contributed by atoms with E-state index in [-0.39, 0.29) is 11.7 Å². The summed E-state index contributed by atoms with van der Waals surface area (Å²) in [6.45, 7) is 1.74. The number of anilines is 1. The number of ether oxygens (including phenoxy) is 2. The topological polar surface area (TPSA) is 258 Å². The van der Waals surface area contributed by atoms with Gasteiger partial charge >= 0.3 is 0 Å². The van der Waals surface area contributed by atoms with Gasteiger partial charge in [-0.2, -0.15) is 0 Å². The van der Waals surface area contributed by atoms with Crippen LogP contribution < -0.4 is 19.7 Å². The van der Waals surface area contributed by atoms with E-state index in [0.717, 1.165) is 114 Å². The lowest BCUT2D eigenvalue weighted by molar-refractivity contribution is 0.00218. The monoisotopic (exact) mass is 1880 g/mol. The van der Waals surface area contributed by atoms with Crippen LogP contribution >= 0.6 is 69.6 Å². The van der Waals surface area contributed by atoms with Gasteiger partial charge in [0.2, 0.25) is 5.88 Å². The first-order valence-electron chi connectivity index (χ1n) is 42.6. The highest BCUT2D eigenvalue weighted by Gasteiger charge is 2.44. The number of benzene rings is 10. The van der Waals surface area contributed by atoms with Gasteiger partial charge in [0.25, 0.3) is 0 Å². The van der Waals surface area contributed by atoms with E-state index in [1.165, 1.54) is 0 Å². The lowest BCUT2D eigenvalue weighted by atomic mass is 9.72. The van der Waals surface area contributed by atoms with E-state index in [4.69, 9.17) is 89.0 Å². The fraction of sp³-hybridized carbons (Fsp3) is 0.151. The number of aryl methyl sites for hydroxylation is 3. The van der Waals surface area contributed by atoms with Crippen LogP contribution in [0.4, 0.5) is 5.82 Å². The molecule has 133 heavy (non-hydrogen) atoms. The number of fused-ring (bicyclic) bond motifs is 4. The zero-order valence-corrected chi connectivity index (χ0v) is 77.8. The number of nitrogens with one attached hydrogen (secondary N) is 1. The molecule has 21 nitrogen and oxygen atoms in total. The van der Waals surface area contributed by atoms with Gasteiger partial charge in [0.05, 0.1) is 107 Å². The lowest BCUT2D eigenvalue weighted by Gasteiger charge is -2.39. The van der Waals surface area contributed by atoms with Gasteiger partial charge in [-0.1, -0.05) is 246 Å². The van der Waals surface area contributed by atoms with Gasteiger partial charge in [-0.15, -0.1) is 0 Å². The molecule has 0 radical (unpaired) electrons. The molecule has 4 unspecified atom stereocenters. The summed E-state index contributed by atoms with van der Waals surface area (Å²) < 4.78 is 16.9. The number of piperidine rings is 1. The molecule has 1 fully saturated rings. The van der Waals surface area contributed by atoms with Crippen molar-refractivity contribution >= 4 is 119 Å². The first kappa shape index (κ1) is 91.5. The Balaban J connectivity index is 0.000000124. The molecule has 0 bridgehead atoms. The van der Waals surface area contributed by atoms with Crippen molar-refractivity contribution in [2.24, 2.45) is 27.1 Å². The van der Waals surface area contributed by atoms with Crippen molar-refractivity contribution in [3.05, 3.63) is 422 Å². The average Bonchev–Trinajstić information content (AvgIpc) is 1.64. The third-order valence-electron chi connectivity index (χ3n) is 24.2. The maximum absolute atomic E-state index is 12.3. The first-order chi connectivity index (χ1) is 64.4. The lowest BCUT2D eigenvalue weighted by Crippen LogP contribution is -2.42. The van der Waals surface area contributed by atoms with Crippen LogP contribution in [0.2, 0.25) is 30.4 Å². The van der Waals surface area contributed by atoms with Gasteiger partial charge in [0.1, 0.15) is 27.5 Å². The summed E-state index contributed by atoms with van der Waals surface area (Å²) in [6.07, 6.45) is 18.3. The molecule has 0 spiro atoms. The molecular weight excluding hydrogens is 1790 g/mol. The molecular formula is C106H89Cl6N15O6. The minimum Gasteiger partial charge on any atom is -0.495 e. The Morgan fingerprint density at radius 3 is 1.32 bits per heavy atom. The number of pyridine rings is 5. The maximum Gasteiger partial charge on any atom is 0.225 e. The number of methoxy groups -OCH3 is 2. The van der Waals surface area contributed by atoms with Crippen molar-refractivity contribution in [2.45, 2.75) is 35.2 Å². The third-order valence-corrected chi connectivity index (χ3v) is 26.1. The molecule has 10 aromatic carbocycles. The normalized spacial score (nSPS) is 14.0. The second-order valence-electron chi connectivity index (χ2n) is 32.5. The van der Waals surface area contributed by atoms with Gasteiger partial charge in [0, 0.05) is 114 Å². The molecule has 4 atom stereocenters. The predicted molar refractivity (Wildman–Crippen MR) is 530 cm³/mol. The highest BCUT2D eigenvalue weighted by molar-refractivity contribution is 6.42. The van der Waals surface area contributed by atoms with Crippen molar-refractivity contribution in [3.8, 4) is 56.1 Å². The summed E-state index contributed by atoms with van der Waals surface area (Å²) in [5.74, 6) is 2.12. The second kappa shape index (κ2) is 39.2. The number of hydrogen-bond donors (Lipinski definition) is 5. The molecule has 1 aliphatic heterocycles. The Morgan fingerprint density at radius 2 is 0.820 bits per heavy atom. The fourth-order valence-corrected chi connectivity index (χ4v) is 19.1. The van der Waals surface area contributed by atoms with Crippen LogP contribution in [0.25, 0.3) is 88.1 Å². The van der Waals surface area contributed by atoms with E-state index in [2.05, 4.69) is 45.2 Å². The van der Waals surface area contributed by atoms with Crippen LogP contribution in [-0.4, -0.2) is 125 Å². The number of imidazole rings is 3. The predicted octanol–water partition coefficient (Wildman–Crippen LogP) is 22.1. The van der Waals surface area contributed by atoms with Crippen molar-refractivity contribution in [2.75, 3.05) is 46.3 Å². The van der Waals surface area contributed by atoms with Crippen LogP contribution in [0.5, 0.6) is 11.6 Å². The number of aromatic nitrogens is 13. The Kier molecular flexibility index (Phi) is 27.0. The number of aliphatic hydroxyl groups is 4. The summed E-state index contributed by atoms with van der Waals surface area (Å²) in [5.41, 5.74) is 10.6. The Morgan fingerprint density at radius 1 is 0.383 bits per heavy atom. The van der Waals surface area contributed by atoms with E-state index in [9.17, 15) is 20.4 Å². The summed E-state index contributed by atoms with van der Waals surface area (Å²) >= 11 is 39.3. The van der Waals surface area contributed by atoms with Gasteiger partial charge in [-0.3, -0.25) is 4.98 Å². The fourth-order valence-electron chi connectivity index (χ4n) is 17.5. The van der Waals surface area contributed by atoms with E-state index in [1.807, 2.05) is 280 Å². The maximum atomic E-state index is 12.3. The molecule has 27 heteroatoms. The minimum atomic E-state index is -1.65. The highest BCUT2D eigenvalue weighted by atomic mass is 35.5. The molecule has 0 aliphatic carbocycles. The zero-order chi connectivity index (χ0) is 92.9. The minimum absolute atomic E-state index is 0.0537. The molecule has 19 aromatic rings. The number of rotatable bonds is 19. The van der Waals surface area contributed by atoms with Crippen LogP contribution in [0.1, 0.15) is 74.7 Å². The quantitative estimate of drug-likeness (QED) is 0.0471. The standard InChI is InChI=1S/C28H24Cl2N4O.C26H19Cl2N3O.C26H23Cl2N3O.C26H23N5O3/c1-33(2)27-25(18-7-5-4-6-8-18)26(30)22-15-20(11-14-23(22)32-27)28(35,24-16-31-17-34(24)3)19-9-12-21(29)13-10-19;1-31-16-29-15-24(31)26(32,19-7-10-21(27)11-8-19)20-9-12-23-18(13-20)14-22(25(28)30-23)17-5-3-2-4-6-17;27-24-21-15-19(8-9-22(21)31-25(28)23(24)17-5-2-1-3-6-17)26(32,18-10-13-29-14-11-18)20-7-4-12-30-16-20;1-31-16-27-15-21(31)26(32,25-28-12-7-13-29-25)18-10-11-20-19(14-18)23(33-2)22(24(30-20)34-3)17-8-5-4-6-9-17/h4-17,35H,1-3H3;2-16,32H,1H3;1-9,12,15-16,18,29,32H,10-11,13-14H2;4-16,32H,1-3H3. The summed E-state index contributed by atoms with van der Waals surface area (Å²) in [5, 5.41) is 58.4. The largest absolute Gasteiger partial charge is 0.495 e. The van der Waals surface area contributed by atoms with Crippen LogP contribution in [0, 0.1) is 5.92 Å². The van der Waals surface area contributed by atoms with Crippen molar-refractivity contribution < 1.29 is 29.9 Å². The van der Waals surface area contributed by atoms with E-state index in [0.29, 0.717) is 104 Å². The molecule has 5 N–H and O–H groups in total. The van der Waals surface area contributed by atoms with Gasteiger partial charge in [0.15, 0.2) is 22.6 Å². The highest BCUT2D eigenvalue weighted by Crippen LogP contribution is 2.50. The van der Waals surface area contributed by atoms with Crippen molar-refractivity contribution in [3.63, 3.8) is 0 Å². The van der Waals surface area contributed by atoms with Gasteiger partial charge in [-0.05, 0) is 178 Å². The smallest absolute Gasteiger partial charge is 0.225 e. The number of hydrogen-bond acceptors (Lipinski definition) is 18. The molecule has 1 saturated heterocycles. The summed E-state index contributed by atoms with van der Waals surface area (Å²) in [6, 6.07) is 84.0. The molecule has 10 heterocycles. The molecule has 1 aliphatic rings. The Bertz CT molecular complexity index is 7380. The summed E-state index contributed by atoms with van der Waals surface area (Å²) in [7, 11) is 12.6. The Hall–Kier alpha value is -13.4. The number of nitrogens with zero attached hydrogens (tertiary/aromatic N) is 14. The third kappa shape index (κ3) is 17.9. The van der Waals surface area contributed by atoms with Crippen LogP contribution in [0.15, 0.2) is 329 Å². The Labute approximate surface area is 798 Å². The molecule has 20 rings (SSSR count). The first-order valence-corrected chi connectivity index (χ1v) is 44.9. The number of halogens is 6. The van der Waals surface area contributed by atoms with E-state index < -0.39 is 22.4 Å². The van der Waals surface area contributed by atoms with Crippen LogP contribution in [0.3, 0.4) is 0 Å². The molecule has 0 amide bonds. The summed E-state index contributed by atoms with van der Waals surface area (Å²) in [4.78, 5) is 46.5. The molecule has 9 aromatic heterocycles. The van der Waals surface area contributed by atoms with Crippen molar-refractivity contribution in [1.29, 1.82) is 0 Å². The van der Waals surface area contributed by atoms with E-state index in [1.54, 1.807) is 118 Å². The van der Waals surface area contributed by atoms with Gasteiger partial charge < -0.3 is 53.8 Å². The average molecular weight is 1880 g/mol. The van der Waals surface area contributed by atoms with Crippen molar-refractivity contribution in [1.82, 2.24) is 68.9 Å². The SMILES string of the molecule is CN(C)c1nc2ccc(C(O)(c3ccc(Cl)cc3)c3cncn3C)cc2c(Cl)c1-c1ccccc1.COc1nc2ccc(C(O)(c3ncccn3)c3cncn3C)cc2c(OC)c1-c1ccccc1.Cn1cncc1C(O)(c1ccc(Cl)cc1)c1ccc2nc(Cl)c(-c3ccccc3)cc2c1.OC(c1cccnc1)(c1ccc2nc(Cl)c(-c3ccccc3)c(Cl)c2c1)C1CCNCC1. The van der Waals surface area contributed by atoms with Crippen LogP contribution in [-0.2, 0) is 43.5 Å². The molecule has 0 saturated carbocycles. The second-order valence-corrected chi connectivity index (χ2v) is 34.8. The zero-order valence-electron chi connectivity index (χ0n) is 73.2. The van der Waals surface area contributed by atoms with Gasteiger partial charge in [-0.25, -0.2) is 44.9 Å².